The highest BCUT2D eigenvalue weighted by Gasteiger charge is 2.52. The van der Waals surface area contributed by atoms with Crippen LogP contribution in [0.5, 0.6) is 11.5 Å². The van der Waals surface area contributed by atoms with Crippen LogP contribution in [0.4, 0.5) is 17.1 Å². The lowest BCUT2D eigenvalue weighted by Crippen LogP contribution is -2.32. The Hall–Kier alpha value is -7.68. The number of hydrogen-bond donors (Lipinski definition) is 0. The van der Waals surface area contributed by atoms with E-state index in [1.54, 1.807) is 0 Å². The van der Waals surface area contributed by atoms with E-state index in [0.717, 1.165) is 40.1 Å². The Morgan fingerprint density at radius 3 is 1.68 bits per heavy atom. The molecule has 280 valence electrons. The van der Waals surface area contributed by atoms with Crippen molar-refractivity contribution in [2.45, 2.75) is 11.8 Å². The lowest BCUT2D eigenvalue weighted by molar-refractivity contribution is 0.447. The highest BCUT2D eigenvalue weighted by molar-refractivity contribution is 6.02. The molecular formula is C58H37NO. The Morgan fingerprint density at radius 2 is 0.933 bits per heavy atom. The van der Waals surface area contributed by atoms with Gasteiger partial charge in [-0.2, -0.15) is 0 Å². The standard InChI is InChI=1S/C58H37NO/c1-2-18-42(19-3-1)59(53-27-12-17-41-36-40-16-6-7-20-45(40)54(41)53)43-32-28-39(29-33-43)44-24-13-26-50-55(44)48-23-10-11-25-49(48)58(50)51-34-30-37-14-4-8-21-46(37)56(51)60-57-47-22-9-5-15-38(47)31-35-52(57)58/h1-35H,36H2. The lowest BCUT2D eigenvalue weighted by atomic mass is 9.65. The lowest BCUT2D eigenvalue weighted by Gasteiger charge is -2.40. The Bertz CT molecular complexity index is 3300. The maximum Gasteiger partial charge on any atom is 0.140 e. The summed E-state index contributed by atoms with van der Waals surface area (Å²) >= 11 is 0. The van der Waals surface area contributed by atoms with Gasteiger partial charge in [-0.1, -0.05) is 182 Å². The van der Waals surface area contributed by atoms with E-state index in [-0.39, 0.29) is 0 Å². The fourth-order valence-corrected chi connectivity index (χ4v) is 10.8. The summed E-state index contributed by atoms with van der Waals surface area (Å²) < 4.78 is 7.19. The molecule has 0 radical (unpaired) electrons. The molecule has 0 unspecified atom stereocenters. The van der Waals surface area contributed by atoms with Crippen molar-refractivity contribution in [3.05, 3.63) is 246 Å². The third-order valence-corrected chi connectivity index (χ3v) is 13.3. The normalized spacial score (nSPS) is 13.5. The van der Waals surface area contributed by atoms with Gasteiger partial charge in [-0.15, -0.1) is 0 Å². The van der Waals surface area contributed by atoms with Crippen molar-refractivity contribution in [2.24, 2.45) is 0 Å². The minimum absolute atomic E-state index is 0.590. The number of fused-ring (bicyclic) bond motifs is 16. The molecule has 0 N–H and O–H groups in total. The smallest absolute Gasteiger partial charge is 0.140 e. The summed E-state index contributed by atoms with van der Waals surface area (Å²) in [5.74, 6) is 1.87. The Kier molecular flexibility index (Phi) is 7.03. The zero-order valence-corrected chi connectivity index (χ0v) is 32.8. The maximum atomic E-state index is 7.19. The Labute approximate surface area is 349 Å². The molecule has 0 fully saturated rings. The molecule has 0 saturated carbocycles. The van der Waals surface area contributed by atoms with Crippen LogP contribution in [0.2, 0.25) is 0 Å². The highest BCUT2D eigenvalue weighted by atomic mass is 16.5. The number of hydrogen-bond acceptors (Lipinski definition) is 2. The van der Waals surface area contributed by atoms with Crippen molar-refractivity contribution in [1.29, 1.82) is 0 Å². The largest absolute Gasteiger partial charge is 0.455 e. The monoisotopic (exact) mass is 763 g/mol. The van der Waals surface area contributed by atoms with Crippen molar-refractivity contribution in [2.75, 3.05) is 4.90 Å². The zero-order chi connectivity index (χ0) is 39.4. The molecule has 1 heterocycles. The van der Waals surface area contributed by atoms with E-state index in [2.05, 4.69) is 217 Å². The van der Waals surface area contributed by atoms with Crippen LogP contribution >= 0.6 is 0 Å². The minimum atomic E-state index is -0.590. The Balaban J connectivity index is 1.03. The van der Waals surface area contributed by atoms with E-state index < -0.39 is 5.41 Å². The molecule has 0 atom stereocenters. The molecule has 0 amide bonds. The van der Waals surface area contributed by atoms with Crippen LogP contribution in [0.25, 0.3) is 54.9 Å². The molecule has 0 bridgehead atoms. The average molecular weight is 764 g/mol. The van der Waals surface area contributed by atoms with Gasteiger partial charge >= 0.3 is 0 Å². The van der Waals surface area contributed by atoms with E-state index >= 15 is 0 Å². The van der Waals surface area contributed by atoms with Gasteiger partial charge in [-0.05, 0) is 97.6 Å². The van der Waals surface area contributed by atoms with Gasteiger partial charge in [-0.3, -0.25) is 0 Å². The molecule has 3 aliphatic rings. The van der Waals surface area contributed by atoms with Gasteiger partial charge in [0.2, 0.25) is 0 Å². The molecule has 10 aromatic rings. The third kappa shape index (κ3) is 4.53. The summed E-state index contributed by atoms with van der Waals surface area (Å²) in [6.45, 7) is 0. The Morgan fingerprint density at radius 1 is 0.367 bits per heavy atom. The maximum absolute atomic E-state index is 7.19. The van der Waals surface area contributed by atoms with Crippen molar-refractivity contribution in [1.82, 2.24) is 0 Å². The molecular weight excluding hydrogens is 727 g/mol. The fraction of sp³-hybridized carbons (Fsp3) is 0.0345. The molecule has 0 aromatic heterocycles. The predicted molar refractivity (Wildman–Crippen MR) is 247 cm³/mol. The number of para-hydroxylation sites is 1. The van der Waals surface area contributed by atoms with Crippen molar-refractivity contribution >= 4 is 38.6 Å². The van der Waals surface area contributed by atoms with Gasteiger partial charge in [0.05, 0.1) is 11.1 Å². The molecule has 13 rings (SSSR count). The van der Waals surface area contributed by atoms with Gasteiger partial charge in [0.25, 0.3) is 0 Å². The molecule has 0 saturated heterocycles. The number of benzene rings is 10. The molecule has 60 heavy (non-hydrogen) atoms. The SMILES string of the molecule is c1ccc(N(c2ccc(-c3cccc4c3-c3ccccc3C43c4ccc5ccccc5c4Oc4c3ccc3ccccc43)cc2)c2cccc3c2-c2ccccc2C3)cc1. The van der Waals surface area contributed by atoms with Crippen LogP contribution in [0.15, 0.2) is 212 Å². The molecule has 2 aliphatic carbocycles. The van der Waals surface area contributed by atoms with Crippen molar-refractivity contribution < 1.29 is 4.74 Å². The number of anilines is 3. The van der Waals surface area contributed by atoms with Crippen LogP contribution in [-0.2, 0) is 11.8 Å². The second kappa shape index (κ2) is 12.7. The average Bonchev–Trinajstić information content (AvgIpc) is 3.84. The summed E-state index contributed by atoms with van der Waals surface area (Å²) in [6, 6.07) is 78.1. The van der Waals surface area contributed by atoms with Gasteiger partial charge in [0.1, 0.15) is 11.5 Å². The van der Waals surface area contributed by atoms with Crippen molar-refractivity contribution in [3.8, 4) is 44.9 Å². The summed E-state index contributed by atoms with van der Waals surface area (Å²) in [5.41, 5.74) is 18.1. The number of rotatable bonds is 4. The second-order valence-electron chi connectivity index (χ2n) is 16.3. The minimum Gasteiger partial charge on any atom is -0.455 e. The highest BCUT2D eigenvalue weighted by Crippen LogP contribution is 2.65. The summed E-state index contributed by atoms with van der Waals surface area (Å²) in [5, 5.41) is 4.59. The summed E-state index contributed by atoms with van der Waals surface area (Å²) in [7, 11) is 0. The van der Waals surface area contributed by atoms with Gasteiger partial charge in [0, 0.05) is 38.8 Å². The zero-order valence-electron chi connectivity index (χ0n) is 32.8. The fourth-order valence-electron chi connectivity index (χ4n) is 10.8. The molecule has 10 aromatic carbocycles. The van der Waals surface area contributed by atoms with E-state index in [0.29, 0.717) is 0 Å². The first-order valence-electron chi connectivity index (χ1n) is 20.9. The second-order valence-corrected chi connectivity index (χ2v) is 16.3. The topological polar surface area (TPSA) is 12.5 Å². The predicted octanol–water partition coefficient (Wildman–Crippen LogP) is 15.2. The van der Waals surface area contributed by atoms with Gasteiger partial charge < -0.3 is 9.64 Å². The first-order chi connectivity index (χ1) is 29.8. The van der Waals surface area contributed by atoms with Gasteiger partial charge in [-0.25, -0.2) is 0 Å². The van der Waals surface area contributed by atoms with Crippen LogP contribution in [0.1, 0.15) is 33.4 Å². The number of nitrogens with zero attached hydrogens (tertiary/aromatic N) is 1. The van der Waals surface area contributed by atoms with E-state index in [1.165, 1.54) is 83.2 Å². The van der Waals surface area contributed by atoms with Gasteiger partial charge in [0.15, 0.2) is 0 Å². The van der Waals surface area contributed by atoms with E-state index in [9.17, 15) is 0 Å². The number of ether oxygens (including phenoxy) is 1. The summed E-state index contributed by atoms with van der Waals surface area (Å²) in [4.78, 5) is 2.43. The van der Waals surface area contributed by atoms with E-state index in [4.69, 9.17) is 4.74 Å². The molecule has 2 heteroatoms. The first kappa shape index (κ1) is 33.3. The van der Waals surface area contributed by atoms with E-state index in [1.807, 2.05) is 0 Å². The summed E-state index contributed by atoms with van der Waals surface area (Å²) in [6.07, 6.45) is 0.955. The van der Waals surface area contributed by atoms with Crippen molar-refractivity contribution in [3.63, 3.8) is 0 Å². The van der Waals surface area contributed by atoms with Crippen LogP contribution in [-0.4, -0.2) is 0 Å². The van der Waals surface area contributed by atoms with Crippen LogP contribution < -0.4 is 9.64 Å². The van der Waals surface area contributed by atoms with Crippen LogP contribution in [0, 0.1) is 0 Å². The molecule has 1 spiro atoms. The molecule has 1 aliphatic heterocycles. The molecule has 2 nitrogen and oxygen atoms in total. The quantitative estimate of drug-likeness (QED) is 0.177. The third-order valence-electron chi connectivity index (χ3n) is 13.3. The first-order valence-corrected chi connectivity index (χ1v) is 20.9. The van der Waals surface area contributed by atoms with Crippen LogP contribution in [0.3, 0.4) is 0 Å².